The van der Waals surface area contributed by atoms with E-state index in [1.807, 2.05) is 0 Å². The van der Waals surface area contributed by atoms with Gasteiger partial charge in [-0.25, -0.2) is 14.2 Å². The Morgan fingerprint density at radius 3 is 2.70 bits per heavy atom. The predicted octanol–water partition coefficient (Wildman–Crippen LogP) is 2.14. The van der Waals surface area contributed by atoms with Crippen molar-refractivity contribution in [2.45, 2.75) is 6.54 Å². The van der Waals surface area contributed by atoms with Crippen LogP contribution in [0.25, 0.3) is 0 Å². The van der Waals surface area contributed by atoms with Crippen LogP contribution in [-0.4, -0.2) is 23.1 Å². The number of nitrogens with two attached hydrogens (primary N) is 1. The zero-order chi connectivity index (χ0) is 14.7. The molecule has 0 bridgehead atoms. The third kappa shape index (κ3) is 2.85. The first-order chi connectivity index (χ1) is 9.49. The van der Waals surface area contributed by atoms with Crippen LogP contribution < -0.4 is 10.6 Å². The minimum Gasteiger partial charge on any atom is -0.477 e. The molecule has 0 saturated carbocycles. The SMILES string of the molecule is CN(Cc1ccccc1F)c1nc(C(=O)O)ccc1N. The van der Waals surface area contributed by atoms with Gasteiger partial charge in [0, 0.05) is 19.2 Å². The van der Waals surface area contributed by atoms with E-state index < -0.39 is 5.97 Å². The summed E-state index contributed by atoms with van der Waals surface area (Å²) in [6.07, 6.45) is 0. The summed E-state index contributed by atoms with van der Waals surface area (Å²) in [7, 11) is 1.68. The van der Waals surface area contributed by atoms with Crippen LogP contribution in [0.3, 0.4) is 0 Å². The quantitative estimate of drug-likeness (QED) is 0.893. The number of anilines is 2. The van der Waals surface area contributed by atoms with Crippen LogP contribution in [0.4, 0.5) is 15.9 Å². The average molecular weight is 275 g/mol. The lowest BCUT2D eigenvalue weighted by molar-refractivity contribution is 0.0690. The number of carboxylic acid groups (broad SMARTS) is 1. The van der Waals surface area contributed by atoms with Gasteiger partial charge in [-0.1, -0.05) is 18.2 Å². The highest BCUT2D eigenvalue weighted by atomic mass is 19.1. The molecule has 1 aromatic carbocycles. The number of pyridine rings is 1. The van der Waals surface area contributed by atoms with Gasteiger partial charge in [-0.2, -0.15) is 0 Å². The van der Waals surface area contributed by atoms with Crippen LogP contribution in [0, 0.1) is 5.82 Å². The number of carbonyl (C=O) groups is 1. The van der Waals surface area contributed by atoms with E-state index in [0.717, 1.165) is 0 Å². The number of benzene rings is 1. The molecule has 2 aromatic rings. The lowest BCUT2D eigenvalue weighted by atomic mass is 10.2. The molecule has 0 amide bonds. The van der Waals surface area contributed by atoms with Crippen molar-refractivity contribution in [1.29, 1.82) is 0 Å². The molecule has 0 unspecified atom stereocenters. The van der Waals surface area contributed by atoms with Crippen molar-refractivity contribution in [2.24, 2.45) is 0 Å². The normalized spacial score (nSPS) is 10.3. The minimum absolute atomic E-state index is 0.102. The van der Waals surface area contributed by atoms with Crippen LogP contribution in [0.2, 0.25) is 0 Å². The summed E-state index contributed by atoms with van der Waals surface area (Å²) in [5, 5.41) is 8.93. The van der Waals surface area contributed by atoms with Crippen LogP contribution in [-0.2, 0) is 6.54 Å². The molecule has 0 aliphatic carbocycles. The molecule has 3 N–H and O–H groups in total. The molecule has 0 radical (unpaired) electrons. The average Bonchev–Trinajstić information content (AvgIpc) is 2.41. The summed E-state index contributed by atoms with van der Waals surface area (Å²) in [5.74, 6) is -1.15. The maximum absolute atomic E-state index is 13.6. The van der Waals surface area contributed by atoms with Gasteiger partial charge < -0.3 is 15.7 Å². The number of nitrogen functional groups attached to an aromatic ring is 1. The van der Waals surface area contributed by atoms with Gasteiger partial charge in [0.05, 0.1) is 5.69 Å². The van der Waals surface area contributed by atoms with Gasteiger partial charge in [-0.3, -0.25) is 0 Å². The van der Waals surface area contributed by atoms with Gasteiger partial charge in [-0.05, 0) is 18.2 Å². The molecule has 1 heterocycles. The number of carboxylic acids is 1. The van der Waals surface area contributed by atoms with Crippen molar-refractivity contribution in [3.8, 4) is 0 Å². The molecule has 2 rings (SSSR count). The largest absolute Gasteiger partial charge is 0.477 e. The van der Waals surface area contributed by atoms with Gasteiger partial charge in [0.25, 0.3) is 0 Å². The minimum atomic E-state index is -1.13. The van der Waals surface area contributed by atoms with Crippen LogP contribution in [0.1, 0.15) is 16.1 Å². The first kappa shape index (κ1) is 13.8. The van der Waals surface area contributed by atoms with E-state index in [-0.39, 0.29) is 18.1 Å². The Kier molecular flexibility index (Phi) is 3.84. The molecule has 6 heteroatoms. The molecule has 0 spiro atoms. The van der Waals surface area contributed by atoms with Crippen molar-refractivity contribution in [1.82, 2.24) is 4.98 Å². The molecule has 104 valence electrons. The Balaban J connectivity index is 2.29. The number of halogens is 1. The molecule has 5 nitrogen and oxygen atoms in total. The highest BCUT2D eigenvalue weighted by Crippen LogP contribution is 2.22. The van der Waals surface area contributed by atoms with Gasteiger partial charge in [0.15, 0.2) is 11.5 Å². The third-order valence-electron chi connectivity index (χ3n) is 2.85. The number of nitrogens with zero attached hydrogens (tertiary/aromatic N) is 2. The first-order valence-corrected chi connectivity index (χ1v) is 5.93. The lowest BCUT2D eigenvalue weighted by Crippen LogP contribution is -2.21. The second-order valence-corrected chi connectivity index (χ2v) is 4.36. The Hall–Kier alpha value is -2.63. The van der Waals surface area contributed by atoms with E-state index >= 15 is 0 Å². The maximum atomic E-state index is 13.6. The molecule has 0 atom stereocenters. The second-order valence-electron chi connectivity index (χ2n) is 4.36. The standard InChI is InChI=1S/C14H14FN3O2/c1-18(8-9-4-2-3-5-10(9)15)13-11(16)6-7-12(17-13)14(19)20/h2-7H,8,16H2,1H3,(H,19,20). The zero-order valence-electron chi connectivity index (χ0n) is 10.9. The molecule has 20 heavy (non-hydrogen) atoms. The van der Waals surface area contributed by atoms with Crippen molar-refractivity contribution >= 4 is 17.5 Å². The van der Waals surface area contributed by atoms with E-state index in [1.54, 1.807) is 30.1 Å². The maximum Gasteiger partial charge on any atom is 0.354 e. The Morgan fingerprint density at radius 1 is 1.35 bits per heavy atom. The lowest BCUT2D eigenvalue weighted by Gasteiger charge is -2.20. The smallest absolute Gasteiger partial charge is 0.354 e. The highest BCUT2D eigenvalue weighted by Gasteiger charge is 2.13. The van der Waals surface area contributed by atoms with Crippen molar-refractivity contribution in [3.63, 3.8) is 0 Å². The monoisotopic (exact) mass is 275 g/mol. The fourth-order valence-electron chi connectivity index (χ4n) is 1.84. The second kappa shape index (κ2) is 5.56. The van der Waals surface area contributed by atoms with Crippen LogP contribution in [0.5, 0.6) is 0 Å². The molecule has 0 fully saturated rings. The first-order valence-electron chi connectivity index (χ1n) is 5.93. The van der Waals surface area contributed by atoms with Gasteiger partial charge in [-0.15, -0.1) is 0 Å². The van der Waals surface area contributed by atoms with Gasteiger partial charge >= 0.3 is 5.97 Å². The number of hydrogen-bond donors (Lipinski definition) is 2. The van der Waals surface area contributed by atoms with E-state index in [4.69, 9.17) is 10.8 Å². The van der Waals surface area contributed by atoms with E-state index in [1.165, 1.54) is 18.2 Å². The number of aromatic nitrogens is 1. The summed E-state index contributed by atoms with van der Waals surface area (Å²) in [4.78, 5) is 16.5. The Morgan fingerprint density at radius 2 is 2.05 bits per heavy atom. The van der Waals surface area contributed by atoms with E-state index in [2.05, 4.69) is 4.98 Å². The van der Waals surface area contributed by atoms with Crippen LogP contribution in [0.15, 0.2) is 36.4 Å². The molecule has 1 aromatic heterocycles. The molecule has 0 aliphatic heterocycles. The van der Waals surface area contributed by atoms with Crippen molar-refractivity contribution in [3.05, 3.63) is 53.5 Å². The number of rotatable bonds is 4. The summed E-state index contributed by atoms with van der Waals surface area (Å²) in [6, 6.07) is 9.17. The van der Waals surface area contributed by atoms with Crippen molar-refractivity contribution < 1.29 is 14.3 Å². The highest BCUT2D eigenvalue weighted by molar-refractivity contribution is 5.86. The van der Waals surface area contributed by atoms with E-state index in [9.17, 15) is 9.18 Å². The third-order valence-corrected chi connectivity index (χ3v) is 2.85. The molecule has 0 saturated heterocycles. The molecule has 0 aliphatic rings. The Bertz CT molecular complexity index is 646. The number of hydrogen-bond acceptors (Lipinski definition) is 4. The van der Waals surface area contributed by atoms with Gasteiger partial charge in [0.2, 0.25) is 0 Å². The van der Waals surface area contributed by atoms with E-state index in [0.29, 0.717) is 17.1 Å². The summed E-state index contributed by atoms with van der Waals surface area (Å²) >= 11 is 0. The van der Waals surface area contributed by atoms with Crippen LogP contribution >= 0.6 is 0 Å². The fourth-order valence-corrected chi connectivity index (χ4v) is 1.84. The summed E-state index contributed by atoms with van der Waals surface area (Å²) in [5.41, 5.74) is 6.51. The topological polar surface area (TPSA) is 79.5 Å². The summed E-state index contributed by atoms with van der Waals surface area (Å²) < 4.78 is 13.6. The summed E-state index contributed by atoms with van der Waals surface area (Å²) in [6.45, 7) is 0.243. The zero-order valence-corrected chi connectivity index (χ0v) is 10.9. The van der Waals surface area contributed by atoms with Crippen molar-refractivity contribution in [2.75, 3.05) is 17.7 Å². The fraction of sp³-hybridized carbons (Fsp3) is 0.143. The predicted molar refractivity (Wildman–Crippen MR) is 74.1 cm³/mol. The molecular weight excluding hydrogens is 261 g/mol. The number of aromatic carboxylic acids is 1. The van der Waals surface area contributed by atoms with Gasteiger partial charge in [0.1, 0.15) is 5.82 Å². The molecular formula is C14H14FN3O2. The Labute approximate surface area is 115 Å².